The first-order valence-corrected chi connectivity index (χ1v) is 6.52. The van der Waals surface area contributed by atoms with Crippen molar-refractivity contribution in [1.29, 1.82) is 0 Å². The molecule has 2 unspecified atom stereocenters. The van der Waals surface area contributed by atoms with E-state index in [0.29, 0.717) is 4.99 Å². The Labute approximate surface area is 109 Å². The van der Waals surface area contributed by atoms with Crippen molar-refractivity contribution in [1.82, 2.24) is 0 Å². The zero-order valence-electron chi connectivity index (χ0n) is 10.7. The van der Waals surface area contributed by atoms with Crippen molar-refractivity contribution in [3.63, 3.8) is 0 Å². The number of rotatable bonds is 4. The number of hydrogen-bond donors (Lipinski definition) is 1. The van der Waals surface area contributed by atoms with E-state index in [-0.39, 0.29) is 0 Å². The van der Waals surface area contributed by atoms with Crippen molar-refractivity contribution in [3.8, 4) is 0 Å². The van der Waals surface area contributed by atoms with Gasteiger partial charge in [0.15, 0.2) is 0 Å². The highest BCUT2D eigenvalue weighted by atomic mass is 32.1. The summed E-state index contributed by atoms with van der Waals surface area (Å²) in [4.78, 5) is 2.79. The van der Waals surface area contributed by atoms with Crippen molar-refractivity contribution >= 4 is 22.9 Å². The van der Waals surface area contributed by atoms with Gasteiger partial charge < -0.3 is 10.6 Å². The highest BCUT2D eigenvalue weighted by Gasteiger charge is 2.33. The lowest BCUT2D eigenvalue weighted by Crippen LogP contribution is -2.25. The summed E-state index contributed by atoms with van der Waals surface area (Å²) in [6.07, 6.45) is 1.35. The molecule has 0 bridgehead atoms. The first kappa shape index (κ1) is 12.4. The van der Waals surface area contributed by atoms with Crippen LogP contribution < -0.4 is 10.6 Å². The standard InChI is InChI=1S/C14H20N2S/c1-9-5-4-6-12(14(15)17)13(9)16(3)8-11-7-10(11)2/h4-6,10-11H,7-8H2,1-3H3,(H2,15,17). The molecule has 17 heavy (non-hydrogen) atoms. The minimum absolute atomic E-state index is 0.486. The first-order valence-electron chi connectivity index (χ1n) is 6.11. The third-order valence-electron chi connectivity index (χ3n) is 3.67. The highest BCUT2D eigenvalue weighted by Crippen LogP contribution is 2.39. The summed E-state index contributed by atoms with van der Waals surface area (Å²) >= 11 is 5.13. The molecule has 1 fully saturated rings. The molecule has 3 heteroatoms. The van der Waals surface area contributed by atoms with Gasteiger partial charge in [0.2, 0.25) is 0 Å². The normalized spacial score (nSPS) is 22.3. The maximum atomic E-state index is 5.80. The average Bonchev–Trinajstić information content (AvgIpc) is 2.93. The van der Waals surface area contributed by atoms with Crippen molar-refractivity contribution in [2.45, 2.75) is 20.3 Å². The Morgan fingerprint density at radius 3 is 2.71 bits per heavy atom. The molecule has 2 N–H and O–H groups in total. The number of thiocarbonyl (C=S) groups is 1. The molecule has 92 valence electrons. The molecule has 0 aromatic heterocycles. The molecule has 1 aromatic carbocycles. The van der Waals surface area contributed by atoms with E-state index in [1.807, 2.05) is 12.1 Å². The van der Waals surface area contributed by atoms with E-state index in [0.717, 1.165) is 23.9 Å². The van der Waals surface area contributed by atoms with Crippen LogP contribution in [-0.4, -0.2) is 18.6 Å². The summed E-state index contributed by atoms with van der Waals surface area (Å²) in [6.45, 7) is 5.52. The Balaban J connectivity index is 2.26. The molecule has 0 heterocycles. The fourth-order valence-electron chi connectivity index (χ4n) is 2.46. The van der Waals surface area contributed by atoms with Crippen LogP contribution in [0.1, 0.15) is 24.5 Å². The fourth-order valence-corrected chi connectivity index (χ4v) is 2.63. The third kappa shape index (κ3) is 2.60. The number of benzene rings is 1. The Morgan fingerprint density at radius 1 is 1.53 bits per heavy atom. The number of anilines is 1. The maximum absolute atomic E-state index is 5.80. The van der Waals surface area contributed by atoms with E-state index in [4.69, 9.17) is 18.0 Å². The van der Waals surface area contributed by atoms with Crippen LogP contribution in [0.5, 0.6) is 0 Å². The van der Waals surface area contributed by atoms with Gasteiger partial charge >= 0.3 is 0 Å². The Kier molecular flexibility index (Phi) is 3.38. The molecule has 2 atom stereocenters. The lowest BCUT2D eigenvalue weighted by Gasteiger charge is -2.24. The number of aryl methyl sites for hydroxylation is 1. The first-order chi connectivity index (χ1) is 8.00. The molecule has 1 aliphatic rings. The molecule has 0 amide bonds. The van der Waals surface area contributed by atoms with Gasteiger partial charge in [0, 0.05) is 24.8 Å². The minimum Gasteiger partial charge on any atom is -0.389 e. The van der Waals surface area contributed by atoms with E-state index >= 15 is 0 Å². The van der Waals surface area contributed by atoms with E-state index in [9.17, 15) is 0 Å². The summed E-state index contributed by atoms with van der Waals surface area (Å²) in [5.74, 6) is 1.70. The third-order valence-corrected chi connectivity index (χ3v) is 3.89. The predicted octanol–water partition coefficient (Wildman–Crippen LogP) is 2.72. The predicted molar refractivity (Wildman–Crippen MR) is 77.6 cm³/mol. The molecule has 1 aromatic rings. The summed E-state index contributed by atoms with van der Waals surface area (Å²) in [5, 5.41) is 0. The fraction of sp³-hybridized carbons (Fsp3) is 0.500. The van der Waals surface area contributed by atoms with Crippen LogP contribution in [0.3, 0.4) is 0 Å². The second kappa shape index (κ2) is 4.65. The number of hydrogen-bond acceptors (Lipinski definition) is 2. The largest absolute Gasteiger partial charge is 0.389 e. The van der Waals surface area contributed by atoms with Crippen LogP contribution in [0.25, 0.3) is 0 Å². The molecule has 0 spiro atoms. The lowest BCUT2D eigenvalue weighted by atomic mass is 10.1. The van der Waals surface area contributed by atoms with Gasteiger partial charge in [0.05, 0.1) is 0 Å². The molecule has 0 saturated heterocycles. The van der Waals surface area contributed by atoms with Crippen LogP contribution in [0.4, 0.5) is 5.69 Å². The average molecular weight is 248 g/mol. The maximum Gasteiger partial charge on any atom is 0.106 e. The van der Waals surface area contributed by atoms with Gasteiger partial charge in [-0.25, -0.2) is 0 Å². The molecule has 2 rings (SSSR count). The van der Waals surface area contributed by atoms with Gasteiger partial charge in [0.25, 0.3) is 0 Å². The van der Waals surface area contributed by atoms with Crippen molar-refractivity contribution < 1.29 is 0 Å². The van der Waals surface area contributed by atoms with Gasteiger partial charge in [-0.3, -0.25) is 0 Å². The van der Waals surface area contributed by atoms with Gasteiger partial charge in [-0.05, 0) is 36.8 Å². The van der Waals surface area contributed by atoms with Crippen molar-refractivity contribution in [2.75, 3.05) is 18.5 Å². The highest BCUT2D eigenvalue weighted by molar-refractivity contribution is 7.80. The van der Waals surface area contributed by atoms with Gasteiger partial charge in [-0.1, -0.05) is 31.3 Å². The van der Waals surface area contributed by atoms with Gasteiger partial charge in [-0.2, -0.15) is 0 Å². The van der Waals surface area contributed by atoms with Crippen LogP contribution in [0, 0.1) is 18.8 Å². The summed E-state index contributed by atoms with van der Waals surface area (Å²) in [6, 6.07) is 6.14. The molecule has 0 radical (unpaired) electrons. The van der Waals surface area contributed by atoms with Crippen LogP contribution in [0.15, 0.2) is 18.2 Å². The summed E-state index contributed by atoms with van der Waals surface area (Å²) in [7, 11) is 2.13. The Hall–Kier alpha value is -1.09. The Bertz CT molecular complexity index is 442. The second-order valence-corrected chi connectivity index (χ2v) is 5.63. The zero-order chi connectivity index (χ0) is 12.6. The topological polar surface area (TPSA) is 29.3 Å². The van der Waals surface area contributed by atoms with Crippen LogP contribution in [0.2, 0.25) is 0 Å². The molecular weight excluding hydrogens is 228 g/mol. The summed E-state index contributed by atoms with van der Waals surface area (Å²) in [5.41, 5.74) is 9.23. The van der Waals surface area contributed by atoms with Crippen LogP contribution in [-0.2, 0) is 0 Å². The van der Waals surface area contributed by atoms with E-state index in [1.165, 1.54) is 17.7 Å². The smallest absolute Gasteiger partial charge is 0.106 e. The van der Waals surface area contributed by atoms with Gasteiger partial charge in [0.1, 0.15) is 4.99 Å². The molecule has 2 nitrogen and oxygen atoms in total. The van der Waals surface area contributed by atoms with Crippen molar-refractivity contribution in [3.05, 3.63) is 29.3 Å². The van der Waals surface area contributed by atoms with Gasteiger partial charge in [-0.15, -0.1) is 0 Å². The molecule has 0 aliphatic heterocycles. The quantitative estimate of drug-likeness (QED) is 0.831. The minimum atomic E-state index is 0.486. The molecule has 1 saturated carbocycles. The SMILES string of the molecule is Cc1cccc(C(N)=S)c1N(C)CC1CC1C. The van der Waals surface area contributed by atoms with E-state index < -0.39 is 0 Å². The monoisotopic (exact) mass is 248 g/mol. The number of para-hydroxylation sites is 1. The Morgan fingerprint density at radius 2 is 2.18 bits per heavy atom. The van der Waals surface area contributed by atoms with E-state index in [1.54, 1.807) is 0 Å². The lowest BCUT2D eigenvalue weighted by molar-refractivity contribution is 0.724. The molecular formula is C14H20N2S. The second-order valence-electron chi connectivity index (χ2n) is 5.19. The van der Waals surface area contributed by atoms with Crippen LogP contribution >= 0.6 is 12.2 Å². The summed E-state index contributed by atoms with van der Waals surface area (Å²) < 4.78 is 0. The van der Waals surface area contributed by atoms with E-state index in [2.05, 4.69) is 31.9 Å². The number of nitrogens with two attached hydrogens (primary N) is 1. The zero-order valence-corrected chi connectivity index (χ0v) is 11.6. The molecule has 1 aliphatic carbocycles. The number of nitrogens with zero attached hydrogens (tertiary/aromatic N) is 1. The van der Waals surface area contributed by atoms with Crippen molar-refractivity contribution in [2.24, 2.45) is 17.6 Å².